The van der Waals surface area contributed by atoms with Crippen LogP contribution in [-0.4, -0.2) is 32.9 Å². The topological polar surface area (TPSA) is 117 Å². The van der Waals surface area contributed by atoms with Crippen LogP contribution in [0.1, 0.15) is 76.8 Å². The molecule has 2 aromatic heterocycles. The van der Waals surface area contributed by atoms with Gasteiger partial charge in [-0.15, -0.1) is 0 Å². The quantitative estimate of drug-likeness (QED) is 0.217. The fourth-order valence-electron chi connectivity index (χ4n) is 4.42. The van der Waals surface area contributed by atoms with Gasteiger partial charge in [-0.2, -0.15) is 0 Å². The van der Waals surface area contributed by atoms with Crippen molar-refractivity contribution in [3.8, 4) is 17.1 Å². The number of nitrogens with zero attached hydrogens (tertiary/aromatic N) is 2. The van der Waals surface area contributed by atoms with Gasteiger partial charge in [-0.05, 0) is 69.5 Å². The molecule has 3 heterocycles. The van der Waals surface area contributed by atoms with Crippen LogP contribution in [0.15, 0.2) is 29.1 Å². The molecule has 0 aliphatic carbocycles. The average molecular weight is 511 g/mol. The van der Waals surface area contributed by atoms with Crippen LogP contribution in [0.5, 0.6) is 5.75 Å². The SMILES string of the molecule is CC.CCc1c2c(nc3ccc(OC(=O)OC(C)(C)C)cc13)-c1cc(C(C)O)c(COC=O)c(=O)n1C2. The molecule has 0 saturated carbocycles. The summed E-state index contributed by atoms with van der Waals surface area (Å²) in [6, 6.07) is 6.90. The van der Waals surface area contributed by atoms with E-state index in [0.717, 1.165) is 16.5 Å². The second-order valence-corrected chi connectivity index (χ2v) is 9.45. The van der Waals surface area contributed by atoms with E-state index in [1.807, 2.05) is 20.8 Å². The van der Waals surface area contributed by atoms with E-state index in [-0.39, 0.29) is 24.2 Å². The summed E-state index contributed by atoms with van der Waals surface area (Å²) in [6.45, 7) is 13.2. The summed E-state index contributed by atoms with van der Waals surface area (Å²) in [4.78, 5) is 41.0. The van der Waals surface area contributed by atoms with E-state index in [2.05, 4.69) is 0 Å². The zero-order valence-electron chi connectivity index (χ0n) is 22.4. The summed E-state index contributed by atoms with van der Waals surface area (Å²) in [5.74, 6) is 0.334. The molecule has 1 aromatic carbocycles. The summed E-state index contributed by atoms with van der Waals surface area (Å²) in [5, 5.41) is 11.1. The first-order chi connectivity index (χ1) is 17.5. The number of rotatable bonds is 6. The molecule has 4 rings (SSSR count). The molecule has 1 aliphatic heterocycles. The minimum absolute atomic E-state index is 0.222. The molecule has 0 saturated heterocycles. The van der Waals surface area contributed by atoms with Gasteiger partial charge in [0, 0.05) is 10.9 Å². The molecule has 1 N–H and O–H groups in total. The number of hydrogen-bond donors (Lipinski definition) is 1. The number of fused-ring (bicyclic) bond motifs is 4. The van der Waals surface area contributed by atoms with E-state index in [9.17, 15) is 19.5 Å². The van der Waals surface area contributed by atoms with E-state index in [1.165, 1.54) is 0 Å². The maximum absolute atomic E-state index is 13.3. The van der Waals surface area contributed by atoms with Gasteiger partial charge in [0.2, 0.25) is 0 Å². The highest BCUT2D eigenvalue weighted by Gasteiger charge is 2.29. The Morgan fingerprint density at radius 3 is 2.51 bits per heavy atom. The molecule has 0 bridgehead atoms. The summed E-state index contributed by atoms with van der Waals surface area (Å²) < 4.78 is 17.0. The van der Waals surface area contributed by atoms with Gasteiger partial charge in [-0.3, -0.25) is 9.59 Å². The van der Waals surface area contributed by atoms with Crippen LogP contribution >= 0.6 is 0 Å². The fourth-order valence-corrected chi connectivity index (χ4v) is 4.42. The summed E-state index contributed by atoms with van der Waals surface area (Å²) in [6.07, 6.45) is -1.06. The minimum Gasteiger partial charge on any atom is -0.463 e. The van der Waals surface area contributed by atoms with Gasteiger partial charge < -0.3 is 23.9 Å². The lowest BCUT2D eigenvalue weighted by Crippen LogP contribution is -2.26. The standard InChI is InChI=1S/C26H28N2O7.C2H6/c1-6-16-18-9-15(34-25(32)35-26(3,4)5)7-8-21(18)27-23-19(16)11-28-22(23)10-17(14(2)30)20(24(28)31)12-33-13-29;1-2/h7-10,13-14,30H,6,11-12H2,1-5H3;1-2H3. The van der Waals surface area contributed by atoms with Crippen LogP contribution in [0.4, 0.5) is 4.79 Å². The summed E-state index contributed by atoms with van der Waals surface area (Å²) in [5.41, 5.74) is 3.44. The van der Waals surface area contributed by atoms with E-state index < -0.39 is 17.9 Å². The van der Waals surface area contributed by atoms with Crippen LogP contribution in [0, 0.1) is 0 Å². The maximum Gasteiger partial charge on any atom is 0.514 e. The Bertz CT molecular complexity index is 1380. The molecule has 3 aromatic rings. The van der Waals surface area contributed by atoms with Crippen LogP contribution in [0.3, 0.4) is 0 Å². The van der Waals surface area contributed by atoms with Gasteiger partial charge in [0.15, 0.2) is 0 Å². The number of aryl methyl sites for hydroxylation is 1. The van der Waals surface area contributed by atoms with Crippen molar-refractivity contribution in [1.82, 2.24) is 9.55 Å². The lowest BCUT2D eigenvalue weighted by Gasteiger charge is -2.19. The smallest absolute Gasteiger partial charge is 0.463 e. The lowest BCUT2D eigenvalue weighted by molar-refractivity contribution is -0.129. The number of hydrogen-bond acceptors (Lipinski definition) is 8. The predicted molar refractivity (Wildman–Crippen MR) is 140 cm³/mol. The van der Waals surface area contributed by atoms with E-state index in [1.54, 1.807) is 56.5 Å². The van der Waals surface area contributed by atoms with Gasteiger partial charge in [0.1, 0.15) is 18.0 Å². The molecule has 198 valence electrons. The minimum atomic E-state index is -0.929. The van der Waals surface area contributed by atoms with Gasteiger partial charge >= 0.3 is 6.16 Å². The summed E-state index contributed by atoms with van der Waals surface area (Å²) >= 11 is 0. The molecular formula is C28H34N2O7. The van der Waals surface area contributed by atoms with E-state index in [0.29, 0.717) is 41.2 Å². The Balaban J connectivity index is 0.00000186. The van der Waals surface area contributed by atoms with Crippen molar-refractivity contribution in [2.45, 2.75) is 79.7 Å². The van der Waals surface area contributed by atoms with Crippen molar-refractivity contribution in [3.63, 3.8) is 0 Å². The molecule has 37 heavy (non-hydrogen) atoms. The third-order valence-corrected chi connectivity index (χ3v) is 5.86. The number of aliphatic hydroxyl groups is 1. The lowest BCUT2D eigenvalue weighted by atomic mass is 9.98. The molecule has 0 spiro atoms. The zero-order valence-corrected chi connectivity index (χ0v) is 22.4. The van der Waals surface area contributed by atoms with Gasteiger partial charge in [0.05, 0.1) is 35.1 Å². The Kier molecular flexibility index (Phi) is 8.38. The molecule has 0 fully saturated rings. The second-order valence-electron chi connectivity index (χ2n) is 9.45. The zero-order chi connectivity index (χ0) is 27.5. The van der Waals surface area contributed by atoms with Crippen LogP contribution in [-0.2, 0) is 33.8 Å². The normalized spacial score (nSPS) is 12.6. The number of pyridine rings is 2. The molecular weight excluding hydrogens is 476 g/mol. The number of benzene rings is 1. The molecule has 1 aliphatic rings. The van der Waals surface area contributed by atoms with Gasteiger partial charge in [0.25, 0.3) is 12.0 Å². The van der Waals surface area contributed by atoms with Crippen molar-refractivity contribution in [2.75, 3.05) is 0 Å². The molecule has 9 heteroatoms. The molecule has 0 radical (unpaired) electrons. The van der Waals surface area contributed by atoms with Crippen LogP contribution < -0.4 is 10.3 Å². The molecule has 0 amide bonds. The second kappa shape index (κ2) is 11.1. The third-order valence-electron chi connectivity index (χ3n) is 5.86. The Labute approximate surface area is 216 Å². The number of aromatic nitrogens is 2. The van der Waals surface area contributed by atoms with Crippen molar-refractivity contribution >= 4 is 23.5 Å². The molecule has 1 atom stereocenters. The Hall–Kier alpha value is -3.72. The van der Waals surface area contributed by atoms with E-state index in [4.69, 9.17) is 19.2 Å². The monoisotopic (exact) mass is 510 g/mol. The van der Waals surface area contributed by atoms with E-state index >= 15 is 0 Å². The van der Waals surface area contributed by atoms with Crippen molar-refractivity contribution < 1.29 is 28.9 Å². The predicted octanol–water partition coefficient (Wildman–Crippen LogP) is 5.05. The van der Waals surface area contributed by atoms with Gasteiger partial charge in [-0.1, -0.05) is 20.8 Å². The number of aliphatic hydroxyl groups excluding tert-OH is 1. The highest BCUT2D eigenvalue weighted by molar-refractivity contribution is 5.89. The van der Waals surface area contributed by atoms with Crippen molar-refractivity contribution in [3.05, 3.63) is 56.9 Å². The molecule has 9 nitrogen and oxygen atoms in total. The molecule has 1 unspecified atom stereocenters. The van der Waals surface area contributed by atoms with Crippen molar-refractivity contribution in [2.24, 2.45) is 0 Å². The number of carbonyl (C=O) groups is 2. The fraction of sp³-hybridized carbons (Fsp3) is 0.429. The van der Waals surface area contributed by atoms with Crippen LogP contribution in [0.25, 0.3) is 22.3 Å². The average Bonchev–Trinajstić information content (AvgIpc) is 3.20. The van der Waals surface area contributed by atoms with Crippen LogP contribution in [0.2, 0.25) is 0 Å². The number of ether oxygens (including phenoxy) is 3. The Morgan fingerprint density at radius 1 is 1.22 bits per heavy atom. The first kappa shape index (κ1) is 27.9. The highest BCUT2D eigenvalue weighted by Crippen LogP contribution is 2.38. The highest BCUT2D eigenvalue weighted by atomic mass is 16.7. The Morgan fingerprint density at radius 2 is 1.92 bits per heavy atom. The first-order valence-electron chi connectivity index (χ1n) is 12.4. The summed E-state index contributed by atoms with van der Waals surface area (Å²) in [7, 11) is 0. The maximum atomic E-state index is 13.3. The van der Waals surface area contributed by atoms with Crippen molar-refractivity contribution in [1.29, 1.82) is 0 Å². The third kappa shape index (κ3) is 5.67. The number of carbonyl (C=O) groups excluding carboxylic acids is 2. The first-order valence-corrected chi connectivity index (χ1v) is 12.4. The van der Waals surface area contributed by atoms with Gasteiger partial charge in [-0.25, -0.2) is 9.78 Å². The largest absolute Gasteiger partial charge is 0.514 e.